The standard InChI is InChI=1S/C37H62O8Si2/c1-16-19-41-32-21-30(20-28(14)36(39)40)17-18-31(32)42-37-35(45-47(25(8)9,26(10)11)27(12)13)34(33(43-37)29(15)38)44-46(22(2)3,23(4)5)24(6)7/h16-18,20-27,33-35,37H,1,19H2,2-15H3,(H,39,40)/b28-20+/t33-,34-,35+,37?/m1/s1. The Balaban J connectivity index is 2.82. The van der Waals surface area contributed by atoms with Gasteiger partial charge in [0.15, 0.2) is 17.3 Å². The third-order valence-electron chi connectivity index (χ3n) is 9.95. The topological polar surface area (TPSA) is 101 Å². The molecule has 47 heavy (non-hydrogen) atoms. The van der Waals surface area contributed by atoms with Gasteiger partial charge in [0, 0.05) is 5.57 Å². The zero-order chi connectivity index (χ0) is 36.0. The Morgan fingerprint density at radius 1 is 0.809 bits per heavy atom. The van der Waals surface area contributed by atoms with Crippen LogP contribution in [-0.4, -0.2) is 64.7 Å². The molecular weight excluding hydrogens is 629 g/mol. The van der Waals surface area contributed by atoms with Crippen molar-refractivity contribution in [3.05, 3.63) is 42.0 Å². The number of ketones is 1. The van der Waals surface area contributed by atoms with Gasteiger partial charge in [-0.25, -0.2) is 4.79 Å². The molecule has 266 valence electrons. The van der Waals surface area contributed by atoms with Crippen LogP contribution in [0.25, 0.3) is 6.08 Å². The molecule has 2 rings (SSSR count). The third-order valence-corrected chi connectivity index (χ3v) is 22.1. The van der Waals surface area contributed by atoms with E-state index >= 15 is 0 Å². The van der Waals surface area contributed by atoms with Crippen LogP contribution in [0.5, 0.6) is 11.5 Å². The number of carbonyl (C=O) groups excluding carboxylic acids is 1. The summed E-state index contributed by atoms with van der Waals surface area (Å²) in [6.45, 7) is 33.9. The number of ether oxygens (including phenoxy) is 3. The Morgan fingerprint density at radius 2 is 1.28 bits per heavy atom. The van der Waals surface area contributed by atoms with E-state index in [1.807, 2.05) is 0 Å². The summed E-state index contributed by atoms with van der Waals surface area (Å²) >= 11 is 0. The monoisotopic (exact) mass is 690 g/mol. The lowest BCUT2D eigenvalue weighted by Crippen LogP contribution is -2.59. The fourth-order valence-corrected chi connectivity index (χ4v) is 19.1. The summed E-state index contributed by atoms with van der Waals surface area (Å²) in [5.74, 6) is -0.341. The van der Waals surface area contributed by atoms with Crippen molar-refractivity contribution >= 4 is 34.5 Å². The fourth-order valence-electron chi connectivity index (χ4n) is 8.00. The van der Waals surface area contributed by atoms with Crippen molar-refractivity contribution in [3.63, 3.8) is 0 Å². The molecule has 10 heteroatoms. The van der Waals surface area contributed by atoms with Gasteiger partial charge in [0.1, 0.15) is 24.9 Å². The van der Waals surface area contributed by atoms with Gasteiger partial charge in [0.25, 0.3) is 0 Å². The molecule has 1 aromatic rings. The largest absolute Gasteiger partial charge is 0.486 e. The van der Waals surface area contributed by atoms with E-state index in [-0.39, 0.29) is 51.2 Å². The average molecular weight is 691 g/mol. The van der Waals surface area contributed by atoms with E-state index < -0.39 is 47.2 Å². The molecule has 0 saturated carbocycles. The summed E-state index contributed by atoms with van der Waals surface area (Å²) in [5.41, 5.74) is 2.51. The van der Waals surface area contributed by atoms with Gasteiger partial charge in [-0.05, 0) is 70.9 Å². The molecule has 1 saturated heterocycles. The van der Waals surface area contributed by atoms with Crippen molar-refractivity contribution in [1.29, 1.82) is 0 Å². The summed E-state index contributed by atoms with van der Waals surface area (Å²) in [6.07, 6.45) is 0.0456. The second-order valence-electron chi connectivity index (χ2n) is 14.9. The quantitative estimate of drug-likeness (QED) is 0.0924. The van der Waals surface area contributed by atoms with E-state index in [1.54, 1.807) is 37.3 Å². The zero-order valence-electron chi connectivity index (χ0n) is 31.4. The lowest BCUT2D eigenvalue weighted by molar-refractivity contribution is -0.141. The number of benzene rings is 1. The maximum atomic E-state index is 13.4. The highest BCUT2D eigenvalue weighted by Gasteiger charge is 2.59. The number of carbonyl (C=O) groups is 2. The second kappa shape index (κ2) is 16.9. The molecule has 4 atom stereocenters. The van der Waals surface area contributed by atoms with Crippen LogP contribution in [0, 0.1) is 0 Å². The molecule has 1 aliphatic heterocycles. The van der Waals surface area contributed by atoms with Crippen molar-refractivity contribution in [2.24, 2.45) is 0 Å². The number of rotatable bonds is 18. The maximum Gasteiger partial charge on any atom is 0.331 e. The first-order chi connectivity index (χ1) is 21.8. The molecular formula is C37H62O8Si2. The highest BCUT2D eigenvalue weighted by atomic mass is 28.4. The van der Waals surface area contributed by atoms with Gasteiger partial charge in [-0.1, -0.05) is 102 Å². The second-order valence-corrected chi connectivity index (χ2v) is 25.7. The van der Waals surface area contributed by atoms with Crippen LogP contribution in [0.15, 0.2) is 36.4 Å². The molecule has 1 fully saturated rings. The Morgan fingerprint density at radius 3 is 1.68 bits per heavy atom. The molecule has 0 aliphatic carbocycles. The van der Waals surface area contributed by atoms with Crippen LogP contribution in [0.2, 0.25) is 33.2 Å². The predicted octanol–water partition coefficient (Wildman–Crippen LogP) is 9.55. The van der Waals surface area contributed by atoms with E-state index in [1.165, 1.54) is 6.92 Å². The van der Waals surface area contributed by atoms with E-state index in [0.717, 1.165) is 0 Å². The lowest BCUT2D eigenvalue weighted by atomic mass is 10.1. The van der Waals surface area contributed by atoms with Crippen molar-refractivity contribution in [1.82, 2.24) is 0 Å². The smallest absolute Gasteiger partial charge is 0.331 e. The summed E-state index contributed by atoms with van der Waals surface area (Å²) in [4.78, 5) is 24.9. The van der Waals surface area contributed by atoms with Crippen molar-refractivity contribution < 1.29 is 37.8 Å². The van der Waals surface area contributed by atoms with Crippen LogP contribution in [0.1, 0.15) is 102 Å². The molecule has 0 amide bonds. The van der Waals surface area contributed by atoms with Gasteiger partial charge in [0.2, 0.25) is 22.9 Å². The number of carboxylic acids is 1. The van der Waals surface area contributed by atoms with Crippen molar-refractivity contribution in [2.75, 3.05) is 6.61 Å². The van der Waals surface area contributed by atoms with Crippen molar-refractivity contribution in [2.45, 2.75) is 155 Å². The number of hydrogen-bond donors (Lipinski definition) is 1. The van der Waals surface area contributed by atoms with E-state index in [0.29, 0.717) is 17.1 Å². The normalized spacial score (nSPS) is 21.1. The van der Waals surface area contributed by atoms with E-state index in [4.69, 9.17) is 23.1 Å². The highest BCUT2D eigenvalue weighted by molar-refractivity contribution is 6.78. The SMILES string of the molecule is C=CCOc1cc(/C=C(\C)C(=O)O)ccc1OC1O[C@H](C(C)=O)[C@@H](O[Si](C(C)C)(C(C)C)C(C)C)[C@@H]1O[Si](C(C)C)(C(C)C)C(C)C. The van der Waals surface area contributed by atoms with E-state index in [2.05, 4.69) is 89.7 Å². The van der Waals surface area contributed by atoms with Gasteiger partial charge in [0.05, 0.1) is 0 Å². The minimum atomic E-state index is -2.53. The molecule has 1 aromatic carbocycles. The van der Waals surface area contributed by atoms with Crippen LogP contribution in [0.3, 0.4) is 0 Å². The average Bonchev–Trinajstić information content (AvgIpc) is 3.29. The predicted molar refractivity (Wildman–Crippen MR) is 195 cm³/mol. The molecule has 8 nitrogen and oxygen atoms in total. The number of carboxylic acid groups (broad SMARTS) is 1. The first kappa shape index (κ1) is 40.9. The van der Waals surface area contributed by atoms with Gasteiger partial charge >= 0.3 is 5.97 Å². The summed E-state index contributed by atoms with van der Waals surface area (Å²) in [6, 6.07) is 5.24. The number of Topliss-reactive ketones (excluding diaryl/α,β-unsaturated/α-hetero) is 1. The lowest BCUT2D eigenvalue weighted by Gasteiger charge is -2.48. The molecule has 1 heterocycles. The molecule has 1 unspecified atom stereocenters. The number of hydrogen-bond acceptors (Lipinski definition) is 7. The van der Waals surface area contributed by atoms with E-state index in [9.17, 15) is 14.7 Å². The minimum Gasteiger partial charge on any atom is -0.486 e. The van der Waals surface area contributed by atoms with Gasteiger partial charge < -0.3 is 28.2 Å². The molecule has 0 spiro atoms. The molecule has 0 bridgehead atoms. The Kier molecular flexibility index (Phi) is 14.7. The van der Waals surface area contributed by atoms with Crippen LogP contribution < -0.4 is 9.47 Å². The summed E-state index contributed by atoms with van der Waals surface area (Å²) in [5, 5.41) is 9.41. The van der Waals surface area contributed by atoms with Crippen LogP contribution in [0.4, 0.5) is 0 Å². The number of aliphatic carboxylic acids is 1. The third kappa shape index (κ3) is 8.87. The Labute approximate surface area is 286 Å². The first-order valence-electron chi connectivity index (χ1n) is 17.2. The maximum absolute atomic E-state index is 13.4. The van der Waals surface area contributed by atoms with Gasteiger partial charge in [-0.3, -0.25) is 4.79 Å². The van der Waals surface area contributed by atoms with Crippen LogP contribution in [-0.2, 0) is 23.2 Å². The Bertz CT molecular complexity index is 1210. The minimum absolute atomic E-state index is 0.132. The molecule has 0 radical (unpaired) electrons. The molecule has 1 N–H and O–H groups in total. The van der Waals surface area contributed by atoms with Crippen molar-refractivity contribution in [3.8, 4) is 11.5 Å². The summed E-state index contributed by atoms with van der Waals surface area (Å²) < 4.78 is 34.1. The van der Waals surface area contributed by atoms with Gasteiger partial charge in [-0.15, -0.1) is 0 Å². The molecule has 1 aliphatic rings. The fraction of sp³-hybridized carbons (Fsp3) is 0.676. The van der Waals surface area contributed by atoms with Gasteiger partial charge in [-0.2, -0.15) is 0 Å². The first-order valence-corrected chi connectivity index (χ1v) is 21.5. The molecule has 0 aromatic heterocycles. The Hall–Kier alpha value is -2.25. The highest BCUT2D eigenvalue weighted by Crippen LogP contribution is 2.49. The summed E-state index contributed by atoms with van der Waals surface area (Å²) in [7, 11) is -5.04. The van der Waals surface area contributed by atoms with Crippen LogP contribution >= 0.6 is 0 Å². The zero-order valence-corrected chi connectivity index (χ0v) is 33.4.